The summed E-state index contributed by atoms with van der Waals surface area (Å²) < 4.78 is 0. The topological polar surface area (TPSA) is 256 Å². The zero-order valence-corrected chi connectivity index (χ0v) is 9.58. The number of hydrogen-bond donors (Lipinski definition) is 1. The number of quaternary nitrogens is 1. The van der Waals surface area contributed by atoms with Crippen molar-refractivity contribution in [3.63, 3.8) is 0 Å². The second-order valence-corrected chi connectivity index (χ2v) is 0.750. The predicted octanol–water partition coefficient (Wildman–Crippen LogP) is -7.14. The van der Waals surface area contributed by atoms with E-state index < -0.39 is 18.5 Å². The molecule has 0 amide bonds. The summed E-state index contributed by atoms with van der Waals surface area (Å²) in [6, 6.07) is 0. The van der Waals surface area contributed by atoms with Gasteiger partial charge in [-0.05, 0) is 18.5 Å². The van der Waals surface area contributed by atoms with Gasteiger partial charge in [-0.15, -0.1) is 0 Å². The largest absolute Gasteiger partial charge is 4.00 e. The number of carbonyl (C=O) groups is 3. The normalized spacial score (nSPS) is 4.80. The molecule has 0 aromatic rings. The van der Waals surface area contributed by atoms with Crippen molar-refractivity contribution >= 4 is 18.5 Å². The van der Waals surface area contributed by atoms with Crippen LogP contribution in [0.1, 0.15) is 0 Å². The third-order valence-corrected chi connectivity index (χ3v) is 0. The number of rotatable bonds is 0. The first-order valence-corrected chi connectivity index (χ1v) is 1.84. The summed E-state index contributed by atoms with van der Waals surface area (Å²) in [5, 5.41) is 50.0. The van der Waals surface area contributed by atoms with Gasteiger partial charge in [-0.2, -0.15) is 0 Å². The molecule has 0 heterocycles. The summed E-state index contributed by atoms with van der Waals surface area (Å²) in [5.41, 5.74) is 0. The molecule has 0 radical (unpaired) electrons. The molecule has 0 aromatic heterocycles. The van der Waals surface area contributed by atoms with E-state index in [2.05, 4.69) is 0 Å². The predicted molar refractivity (Wildman–Crippen MR) is 24.1 cm³/mol. The van der Waals surface area contributed by atoms with Gasteiger partial charge in [0.25, 0.3) is 0 Å². The Hall–Kier alpha value is -1.39. The van der Waals surface area contributed by atoms with Crippen molar-refractivity contribution in [2.45, 2.75) is 0 Å². The Morgan fingerprint density at radius 1 is 0.600 bits per heavy atom. The molecule has 0 atom stereocenters. The summed E-state index contributed by atoms with van der Waals surface area (Å²) in [5.74, 6) is 0. The maximum absolute atomic E-state index is 8.33. The SMILES string of the molecule is O=C([O-])[O-].O=C([O-])[O-].O=C([O-])[O-].[NH4+].[OH-].[Zr+4]. The maximum Gasteiger partial charge on any atom is 4.00 e. The van der Waals surface area contributed by atoms with Gasteiger partial charge in [0.1, 0.15) is 0 Å². The molecule has 0 aliphatic rings. The summed E-state index contributed by atoms with van der Waals surface area (Å²) in [6.07, 6.45) is -7.00. The molecule has 12 heteroatoms. The fourth-order valence-corrected chi connectivity index (χ4v) is 0. The van der Waals surface area contributed by atoms with Crippen LogP contribution in [-0.4, -0.2) is 23.9 Å². The minimum atomic E-state index is -2.33. The quantitative estimate of drug-likeness (QED) is 0.441. The number of hydrogen-bond acceptors (Lipinski definition) is 10. The fraction of sp³-hybridized carbons (Fsp3) is 0. The van der Waals surface area contributed by atoms with Crippen molar-refractivity contribution in [1.82, 2.24) is 6.15 Å². The summed E-state index contributed by atoms with van der Waals surface area (Å²) in [7, 11) is 0. The monoisotopic (exact) mass is 305 g/mol. The molecule has 11 nitrogen and oxygen atoms in total. The first-order chi connectivity index (χ1) is 5.20. The molecule has 0 fully saturated rings. The van der Waals surface area contributed by atoms with Gasteiger partial charge in [0.2, 0.25) is 0 Å². The Morgan fingerprint density at radius 2 is 0.600 bits per heavy atom. The molecule has 0 aliphatic heterocycles. The molecule has 0 bridgehead atoms. The summed E-state index contributed by atoms with van der Waals surface area (Å²) in [4.78, 5) is 25.0. The molecule has 0 rings (SSSR count). The van der Waals surface area contributed by atoms with Crippen LogP contribution in [0.25, 0.3) is 0 Å². The molecule has 0 unspecified atom stereocenters. The maximum atomic E-state index is 8.33. The average molecular weight is 306 g/mol. The van der Waals surface area contributed by atoms with Crippen molar-refractivity contribution < 1.29 is 76.7 Å². The van der Waals surface area contributed by atoms with Crippen LogP contribution in [0.3, 0.4) is 0 Å². The molecular formula is C3H5NO10Zr-2. The Labute approximate surface area is 102 Å². The molecule has 5 N–H and O–H groups in total. The zero-order valence-electron chi connectivity index (χ0n) is 7.12. The Bertz CT molecular complexity index is 118. The van der Waals surface area contributed by atoms with E-state index in [-0.39, 0.29) is 37.8 Å². The van der Waals surface area contributed by atoms with Gasteiger partial charge < -0.3 is 56.6 Å². The van der Waals surface area contributed by atoms with Gasteiger partial charge in [-0.1, -0.05) is 0 Å². The van der Waals surface area contributed by atoms with Crippen LogP contribution in [0.15, 0.2) is 0 Å². The molecule has 0 saturated carbocycles. The first kappa shape index (κ1) is 37.4. The number of carboxylic acid groups (broad SMARTS) is 6. The van der Waals surface area contributed by atoms with Crippen LogP contribution in [-0.2, 0) is 26.2 Å². The van der Waals surface area contributed by atoms with Crippen molar-refractivity contribution in [2.24, 2.45) is 0 Å². The second kappa shape index (κ2) is 29.3. The minimum absolute atomic E-state index is 0. The molecule has 0 spiro atoms. The Morgan fingerprint density at radius 3 is 0.600 bits per heavy atom. The van der Waals surface area contributed by atoms with Gasteiger partial charge in [0.15, 0.2) is 0 Å². The molecule has 0 saturated heterocycles. The second-order valence-electron chi connectivity index (χ2n) is 0.750. The molecular weight excluding hydrogens is 301 g/mol. The van der Waals surface area contributed by atoms with E-state index >= 15 is 0 Å². The average Bonchev–Trinajstić information content (AvgIpc) is 1.54. The number of carbonyl (C=O) groups excluding carboxylic acids is 3. The standard InChI is InChI=1S/3CH2O3.H3N.H2O.Zr/c3*2-1(3)4;;;/h3*(H2,2,3,4);1H3;1H2;/q;;;;;+4/p-6. The fourth-order valence-electron chi connectivity index (χ4n) is 0. The van der Waals surface area contributed by atoms with Gasteiger partial charge >= 0.3 is 26.2 Å². The Balaban J connectivity index is -0.0000000184. The van der Waals surface area contributed by atoms with Gasteiger partial charge in [-0.25, -0.2) is 0 Å². The van der Waals surface area contributed by atoms with Crippen molar-refractivity contribution in [1.29, 1.82) is 0 Å². The van der Waals surface area contributed by atoms with Crippen LogP contribution >= 0.6 is 0 Å². The van der Waals surface area contributed by atoms with Crippen molar-refractivity contribution in [2.75, 3.05) is 0 Å². The Kier molecular flexibility index (Phi) is 73.1. The summed E-state index contributed by atoms with van der Waals surface area (Å²) >= 11 is 0. The van der Waals surface area contributed by atoms with Gasteiger partial charge in [-0.3, -0.25) is 0 Å². The van der Waals surface area contributed by atoms with E-state index in [1.807, 2.05) is 0 Å². The van der Waals surface area contributed by atoms with E-state index in [1.54, 1.807) is 0 Å². The third kappa shape index (κ3) is 739. The van der Waals surface area contributed by atoms with Crippen LogP contribution in [0.2, 0.25) is 0 Å². The molecule has 88 valence electrons. The first-order valence-electron chi connectivity index (χ1n) is 1.84. The van der Waals surface area contributed by atoms with E-state index in [0.717, 1.165) is 0 Å². The van der Waals surface area contributed by atoms with Crippen LogP contribution in [0.4, 0.5) is 14.4 Å². The minimum Gasteiger partial charge on any atom is -0.870 e. The molecule has 0 aliphatic carbocycles. The zero-order chi connectivity index (χ0) is 10.7. The van der Waals surface area contributed by atoms with Gasteiger partial charge in [0.05, 0.1) is 0 Å². The molecule has 0 aromatic carbocycles. The van der Waals surface area contributed by atoms with E-state index in [0.29, 0.717) is 0 Å². The summed E-state index contributed by atoms with van der Waals surface area (Å²) in [6.45, 7) is 0. The van der Waals surface area contributed by atoms with E-state index in [1.165, 1.54) is 0 Å². The van der Waals surface area contributed by atoms with E-state index in [4.69, 9.17) is 45.0 Å². The third-order valence-electron chi connectivity index (χ3n) is 0. The van der Waals surface area contributed by atoms with Crippen molar-refractivity contribution in [3.05, 3.63) is 0 Å². The van der Waals surface area contributed by atoms with Crippen LogP contribution in [0.5, 0.6) is 0 Å². The van der Waals surface area contributed by atoms with Gasteiger partial charge in [0, 0.05) is 0 Å². The smallest absolute Gasteiger partial charge is 0.870 e. The van der Waals surface area contributed by atoms with Crippen LogP contribution < -0.4 is 36.8 Å². The van der Waals surface area contributed by atoms with E-state index in [9.17, 15) is 0 Å². The van der Waals surface area contributed by atoms with Crippen molar-refractivity contribution in [3.8, 4) is 0 Å². The molecule has 15 heavy (non-hydrogen) atoms. The van der Waals surface area contributed by atoms with Crippen LogP contribution in [0, 0.1) is 0 Å².